The third kappa shape index (κ3) is 4.02. The number of rotatable bonds is 4. The molecule has 6 heteroatoms. The van der Waals surface area contributed by atoms with Crippen LogP contribution in [0.3, 0.4) is 0 Å². The lowest BCUT2D eigenvalue weighted by Crippen LogP contribution is -2.39. The van der Waals surface area contributed by atoms with Gasteiger partial charge in [0.25, 0.3) is 0 Å². The monoisotopic (exact) mass is 311 g/mol. The van der Waals surface area contributed by atoms with Gasteiger partial charge in [0.1, 0.15) is 23.3 Å². The second-order valence-corrected chi connectivity index (χ2v) is 6.39. The van der Waals surface area contributed by atoms with Crippen LogP contribution in [0.1, 0.15) is 45.2 Å². The fraction of sp³-hybridized carbons (Fsp3) is 0.500. The molecule has 0 bridgehead atoms. The van der Waals surface area contributed by atoms with E-state index in [-0.39, 0.29) is 5.92 Å². The Labute approximate surface area is 127 Å². The molecule has 1 aromatic carbocycles. The van der Waals surface area contributed by atoms with E-state index < -0.39 is 40.7 Å². The van der Waals surface area contributed by atoms with Crippen molar-refractivity contribution in [3.05, 3.63) is 35.4 Å². The molecular formula is C16H19F2NO3. The number of hydrogen-bond donors (Lipinski definition) is 1. The Morgan fingerprint density at radius 3 is 2.23 bits per heavy atom. The van der Waals surface area contributed by atoms with Crippen LogP contribution in [0.4, 0.5) is 13.6 Å². The molecule has 0 saturated heterocycles. The summed E-state index contributed by atoms with van der Waals surface area (Å²) in [6.07, 6.45) is 0.456. The standard InChI is InChI=1S/C16H19F2NO3/c1-16(2,3)22-15(21)19-13(14(20)9-7-8-9)12-10(17)5-4-6-11(12)18/h4-6,9,13H,7-8H2,1-3H3,(H,19,21). The zero-order valence-corrected chi connectivity index (χ0v) is 12.8. The van der Waals surface area contributed by atoms with Gasteiger partial charge in [-0.05, 0) is 45.7 Å². The molecule has 2 rings (SSSR count). The summed E-state index contributed by atoms with van der Waals surface area (Å²) in [7, 11) is 0. The molecule has 1 aliphatic carbocycles. The second kappa shape index (κ2) is 6.02. The first kappa shape index (κ1) is 16.4. The van der Waals surface area contributed by atoms with Crippen molar-refractivity contribution in [1.82, 2.24) is 5.32 Å². The minimum absolute atomic E-state index is 0.265. The van der Waals surface area contributed by atoms with Crippen molar-refractivity contribution in [3.63, 3.8) is 0 Å². The first-order valence-electron chi connectivity index (χ1n) is 7.16. The van der Waals surface area contributed by atoms with Gasteiger partial charge in [0.05, 0.1) is 5.56 Å². The first-order chi connectivity index (χ1) is 10.2. The fourth-order valence-corrected chi connectivity index (χ4v) is 2.10. The number of ketones is 1. The lowest BCUT2D eigenvalue weighted by Gasteiger charge is -2.23. The third-order valence-corrected chi connectivity index (χ3v) is 3.21. The number of amides is 1. The normalized spacial score (nSPS) is 16.0. The molecule has 0 spiro atoms. The summed E-state index contributed by atoms with van der Waals surface area (Å²) in [6, 6.07) is 1.95. The Morgan fingerprint density at radius 2 is 1.77 bits per heavy atom. The van der Waals surface area contributed by atoms with E-state index in [9.17, 15) is 18.4 Å². The van der Waals surface area contributed by atoms with Gasteiger partial charge in [-0.15, -0.1) is 0 Å². The van der Waals surface area contributed by atoms with Gasteiger partial charge in [0, 0.05) is 5.92 Å². The molecule has 120 valence electrons. The Bertz CT molecular complexity index is 571. The van der Waals surface area contributed by atoms with Gasteiger partial charge < -0.3 is 10.1 Å². The molecule has 0 aromatic heterocycles. The van der Waals surface area contributed by atoms with Crippen molar-refractivity contribution in [1.29, 1.82) is 0 Å². The van der Waals surface area contributed by atoms with Crippen LogP contribution < -0.4 is 5.32 Å². The fourth-order valence-electron chi connectivity index (χ4n) is 2.10. The molecule has 1 saturated carbocycles. The van der Waals surface area contributed by atoms with Gasteiger partial charge in [-0.25, -0.2) is 13.6 Å². The molecule has 0 aliphatic heterocycles. The van der Waals surface area contributed by atoms with Crippen LogP contribution >= 0.6 is 0 Å². The lowest BCUT2D eigenvalue weighted by molar-refractivity contribution is -0.122. The number of alkyl carbamates (subject to hydrolysis) is 1. The average molecular weight is 311 g/mol. The summed E-state index contributed by atoms with van der Waals surface area (Å²) in [6.45, 7) is 4.98. The number of halogens is 2. The van der Waals surface area contributed by atoms with E-state index in [2.05, 4.69) is 5.32 Å². The number of benzene rings is 1. The zero-order valence-electron chi connectivity index (χ0n) is 12.8. The van der Waals surface area contributed by atoms with Crippen LogP contribution in [0, 0.1) is 17.6 Å². The Morgan fingerprint density at radius 1 is 1.23 bits per heavy atom. The van der Waals surface area contributed by atoms with Gasteiger partial charge in [-0.3, -0.25) is 4.79 Å². The molecule has 1 N–H and O–H groups in total. The first-order valence-corrected chi connectivity index (χ1v) is 7.16. The van der Waals surface area contributed by atoms with Gasteiger partial charge >= 0.3 is 6.09 Å². The molecule has 1 aromatic rings. The van der Waals surface area contributed by atoms with E-state index in [1.165, 1.54) is 6.07 Å². The van der Waals surface area contributed by atoms with Gasteiger partial charge in [0.15, 0.2) is 5.78 Å². The summed E-state index contributed by atoms with van der Waals surface area (Å²) in [5, 5.41) is 2.30. The highest BCUT2D eigenvalue weighted by Gasteiger charge is 2.39. The van der Waals surface area contributed by atoms with Crippen molar-refractivity contribution in [2.24, 2.45) is 5.92 Å². The molecule has 0 radical (unpaired) electrons. The lowest BCUT2D eigenvalue weighted by atomic mass is 9.98. The van der Waals surface area contributed by atoms with Crippen LogP contribution in [0.2, 0.25) is 0 Å². The van der Waals surface area contributed by atoms with Crippen LogP contribution in [-0.2, 0) is 9.53 Å². The summed E-state index contributed by atoms with van der Waals surface area (Å²) < 4.78 is 33.0. The number of Topliss-reactive ketones (excluding diaryl/α,β-unsaturated/α-hetero) is 1. The molecule has 1 unspecified atom stereocenters. The second-order valence-electron chi connectivity index (χ2n) is 6.39. The molecular weight excluding hydrogens is 292 g/mol. The number of nitrogens with one attached hydrogen (secondary N) is 1. The van der Waals surface area contributed by atoms with E-state index in [1.807, 2.05) is 0 Å². The largest absolute Gasteiger partial charge is 0.444 e. The van der Waals surface area contributed by atoms with E-state index in [4.69, 9.17) is 4.74 Å². The summed E-state index contributed by atoms with van der Waals surface area (Å²) in [4.78, 5) is 24.2. The van der Waals surface area contributed by atoms with Crippen molar-refractivity contribution >= 4 is 11.9 Å². The van der Waals surface area contributed by atoms with Crippen LogP contribution in [0.25, 0.3) is 0 Å². The maximum atomic E-state index is 13.9. The van der Waals surface area contributed by atoms with E-state index in [0.717, 1.165) is 12.1 Å². The molecule has 1 aliphatic rings. The highest BCUT2D eigenvalue weighted by atomic mass is 19.1. The van der Waals surface area contributed by atoms with E-state index in [0.29, 0.717) is 12.8 Å². The number of carbonyl (C=O) groups is 2. The van der Waals surface area contributed by atoms with Crippen LogP contribution in [0.5, 0.6) is 0 Å². The van der Waals surface area contributed by atoms with E-state index in [1.54, 1.807) is 20.8 Å². The summed E-state index contributed by atoms with van der Waals surface area (Å²) in [5.74, 6) is -2.39. The highest BCUT2D eigenvalue weighted by molar-refractivity contribution is 5.92. The summed E-state index contributed by atoms with van der Waals surface area (Å²) >= 11 is 0. The zero-order chi connectivity index (χ0) is 16.5. The number of ether oxygens (including phenoxy) is 1. The van der Waals surface area contributed by atoms with Crippen molar-refractivity contribution < 1.29 is 23.1 Å². The smallest absolute Gasteiger partial charge is 0.408 e. The Kier molecular flexibility index (Phi) is 4.49. The van der Waals surface area contributed by atoms with Gasteiger partial charge in [-0.2, -0.15) is 0 Å². The molecule has 1 fully saturated rings. The van der Waals surface area contributed by atoms with Crippen LogP contribution in [-0.4, -0.2) is 17.5 Å². The minimum atomic E-state index is -1.37. The molecule has 1 amide bonds. The van der Waals surface area contributed by atoms with Crippen molar-refractivity contribution in [2.45, 2.75) is 45.3 Å². The topological polar surface area (TPSA) is 55.4 Å². The highest BCUT2D eigenvalue weighted by Crippen LogP contribution is 2.36. The van der Waals surface area contributed by atoms with E-state index >= 15 is 0 Å². The molecule has 22 heavy (non-hydrogen) atoms. The van der Waals surface area contributed by atoms with Gasteiger partial charge in [-0.1, -0.05) is 6.07 Å². The molecule has 0 heterocycles. The van der Waals surface area contributed by atoms with Crippen LogP contribution in [0.15, 0.2) is 18.2 Å². The third-order valence-electron chi connectivity index (χ3n) is 3.21. The predicted octanol–water partition coefficient (Wildman–Crippen LogP) is 3.51. The SMILES string of the molecule is CC(C)(C)OC(=O)NC(C(=O)C1CC1)c1c(F)cccc1F. The number of hydrogen-bond acceptors (Lipinski definition) is 3. The minimum Gasteiger partial charge on any atom is -0.444 e. The summed E-state index contributed by atoms with van der Waals surface area (Å²) in [5.41, 5.74) is -1.21. The van der Waals surface area contributed by atoms with Gasteiger partial charge in [0.2, 0.25) is 0 Å². The number of carbonyl (C=O) groups excluding carboxylic acids is 2. The van der Waals surface area contributed by atoms with Crippen molar-refractivity contribution in [3.8, 4) is 0 Å². The average Bonchev–Trinajstić information content (AvgIpc) is 3.18. The quantitative estimate of drug-likeness (QED) is 0.926. The maximum Gasteiger partial charge on any atom is 0.408 e. The predicted molar refractivity (Wildman–Crippen MR) is 76.2 cm³/mol. The Hall–Kier alpha value is -1.98. The maximum absolute atomic E-state index is 13.9. The molecule has 1 atom stereocenters. The Balaban J connectivity index is 2.27. The molecule has 4 nitrogen and oxygen atoms in total. The van der Waals surface area contributed by atoms with Crippen molar-refractivity contribution in [2.75, 3.05) is 0 Å².